The maximum atomic E-state index is 13.7. The maximum Gasteiger partial charge on any atom is 0.227 e. The molecular weight excluding hydrogens is 257 g/mol. The lowest BCUT2D eigenvalue weighted by Gasteiger charge is -2.37. The summed E-state index contributed by atoms with van der Waals surface area (Å²) in [6.07, 6.45) is 0.937. The SMILES string of the molecule is O=C([C@H]1CCNC1)N1CCN(c2ccccc2F)CC1. The van der Waals surface area contributed by atoms with E-state index in [0.29, 0.717) is 31.9 Å². The third-order valence-corrected chi connectivity index (χ3v) is 4.19. The van der Waals surface area contributed by atoms with Gasteiger partial charge in [-0.2, -0.15) is 0 Å². The molecule has 2 aliphatic heterocycles. The highest BCUT2D eigenvalue weighted by Crippen LogP contribution is 2.21. The van der Waals surface area contributed by atoms with Crippen molar-refractivity contribution in [3.8, 4) is 0 Å². The molecule has 0 radical (unpaired) electrons. The van der Waals surface area contributed by atoms with E-state index in [9.17, 15) is 9.18 Å². The highest BCUT2D eigenvalue weighted by Gasteiger charge is 2.29. The fourth-order valence-electron chi connectivity index (χ4n) is 3.00. The number of nitrogens with one attached hydrogen (secondary N) is 1. The van der Waals surface area contributed by atoms with E-state index in [1.165, 1.54) is 6.07 Å². The van der Waals surface area contributed by atoms with E-state index in [1.54, 1.807) is 12.1 Å². The largest absolute Gasteiger partial charge is 0.366 e. The molecule has 1 aromatic carbocycles. The summed E-state index contributed by atoms with van der Waals surface area (Å²) in [6.45, 7) is 4.50. The molecule has 0 bridgehead atoms. The zero-order valence-corrected chi connectivity index (χ0v) is 11.5. The zero-order valence-electron chi connectivity index (χ0n) is 11.5. The number of amides is 1. The second-order valence-electron chi connectivity index (χ2n) is 5.45. The van der Waals surface area contributed by atoms with Crippen molar-refractivity contribution in [2.45, 2.75) is 6.42 Å². The Kier molecular flexibility index (Phi) is 3.87. The highest BCUT2D eigenvalue weighted by molar-refractivity contribution is 5.79. The van der Waals surface area contributed by atoms with Gasteiger partial charge in [0, 0.05) is 32.7 Å². The summed E-state index contributed by atoms with van der Waals surface area (Å²) >= 11 is 0. The van der Waals surface area contributed by atoms with Gasteiger partial charge in [0.15, 0.2) is 0 Å². The minimum Gasteiger partial charge on any atom is -0.366 e. The molecule has 0 unspecified atom stereocenters. The molecule has 2 aliphatic rings. The van der Waals surface area contributed by atoms with Crippen molar-refractivity contribution >= 4 is 11.6 Å². The van der Waals surface area contributed by atoms with E-state index in [4.69, 9.17) is 0 Å². The third-order valence-electron chi connectivity index (χ3n) is 4.19. The summed E-state index contributed by atoms with van der Waals surface area (Å²) in [5, 5.41) is 3.23. The van der Waals surface area contributed by atoms with Gasteiger partial charge in [0.25, 0.3) is 0 Å². The Bertz CT molecular complexity index is 480. The number of hydrogen-bond acceptors (Lipinski definition) is 3. The van der Waals surface area contributed by atoms with Crippen LogP contribution in [0.4, 0.5) is 10.1 Å². The molecule has 0 saturated carbocycles. The molecule has 108 valence electrons. The van der Waals surface area contributed by atoms with Gasteiger partial charge < -0.3 is 15.1 Å². The quantitative estimate of drug-likeness (QED) is 0.879. The molecule has 0 spiro atoms. The number of benzene rings is 1. The minimum atomic E-state index is -0.188. The van der Waals surface area contributed by atoms with Gasteiger partial charge in [0.2, 0.25) is 5.91 Å². The fraction of sp³-hybridized carbons (Fsp3) is 0.533. The summed E-state index contributed by atoms with van der Waals surface area (Å²) < 4.78 is 13.7. The summed E-state index contributed by atoms with van der Waals surface area (Å²) in [7, 11) is 0. The Balaban J connectivity index is 1.59. The Morgan fingerprint density at radius 3 is 2.60 bits per heavy atom. The average Bonchev–Trinajstić information content (AvgIpc) is 3.01. The lowest BCUT2D eigenvalue weighted by atomic mass is 10.1. The van der Waals surface area contributed by atoms with Crippen LogP contribution in [0.2, 0.25) is 0 Å². The number of piperazine rings is 1. The lowest BCUT2D eigenvalue weighted by Crippen LogP contribution is -2.50. The Hall–Kier alpha value is -1.62. The molecule has 4 nitrogen and oxygen atoms in total. The zero-order chi connectivity index (χ0) is 13.9. The first-order valence-corrected chi connectivity index (χ1v) is 7.24. The molecular formula is C15H20FN3O. The van der Waals surface area contributed by atoms with Crippen LogP contribution in [0.5, 0.6) is 0 Å². The second-order valence-corrected chi connectivity index (χ2v) is 5.45. The minimum absolute atomic E-state index is 0.134. The van der Waals surface area contributed by atoms with E-state index in [-0.39, 0.29) is 17.6 Å². The van der Waals surface area contributed by atoms with Gasteiger partial charge in [0.05, 0.1) is 11.6 Å². The molecule has 1 atom stereocenters. The second kappa shape index (κ2) is 5.79. The van der Waals surface area contributed by atoms with Crippen molar-refractivity contribution in [3.05, 3.63) is 30.1 Å². The number of nitrogens with zero attached hydrogens (tertiary/aromatic N) is 2. The number of halogens is 1. The third kappa shape index (κ3) is 2.63. The number of para-hydroxylation sites is 1. The van der Waals surface area contributed by atoms with Gasteiger partial charge in [0.1, 0.15) is 5.82 Å². The van der Waals surface area contributed by atoms with Crippen LogP contribution in [0.3, 0.4) is 0 Å². The van der Waals surface area contributed by atoms with Crippen LogP contribution in [0, 0.1) is 11.7 Å². The molecule has 0 aliphatic carbocycles. The number of rotatable bonds is 2. The van der Waals surface area contributed by atoms with Crippen LogP contribution in [-0.2, 0) is 4.79 Å². The van der Waals surface area contributed by atoms with Crippen LogP contribution < -0.4 is 10.2 Å². The van der Waals surface area contributed by atoms with Crippen molar-refractivity contribution < 1.29 is 9.18 Å². The Morgan fingerprint density at radius 2 is 1.95 bits per heavy atom. The van der Waals surface area contributed by atoms with Gasteiger partial charge in [-0.25, -0.2) is 4.39 Å². The van der Waals surface area contributed by atoms with Crippen LogP contribution >= 0.6 is 0 Å². The number of carbonyl (C=O) groups is 1. The summed E-state index contributed by atoms with van der Waals surface area (Å²) in [6, 6.07) is 6.83. The van der Waals surface area contributed by atoms with Crippen LogP contribution in [0.1, 0.15) is 6.42 Å². The fourth-order valence-corrected chi connectivity index (χ4v) is 3.00. The lowest BCUT2D eigenvalue weighted by molar-refractivity contribution is -0.135. The van der Waals surface area contributed by atoms with Crippen molar-refractivity contribution in [2.24, 2.45) is 5.92 Å². The Morgan fingerprint density at radius 1 is 1.20 bits per heavy atom. The van der Waals surface area contributed by atoms with Crippen molar-refractivity contribution in [3.63, 3.8) is 0 Å². The topological polar surface area (TPSA) is 35.6 Å². The molecule has 2 heterocycles. The molecule has 1 amide bonds. The molecule has 3 rings (SSSR count). The monoisotopic (exact) mass is 277 g/mol. The smallest absolute Gasteiger partial charge is 0.227 e. The molecule has 1 aromatic rings. The predicted octanol–water partition coefficient (Wildman–Crippen LogP) is 1.08. The number of carbonyl (C=O) groups excluding carboxylic acids is 1. The van der Waals surface area contributed by atoms with E-state index in [1.807, 2.05) is 15.9 Å². The highest BCUT2D eigenvalue weighted by atomic mass is 19.1. The standard InChI is InChI=1S/C15H20FN3O/c16-13-3-1-2-4-14(13)18-7-9-19(10-8-18)15(20)12-5-6-17-11-12/h1-4,12,17H,5-11H2/t12-/m0/s1. The maximum absolute atomic E-state index is 13.7. The predicted molar refractivity (Wildman–Crippen MR) is 76.2 cm³/mol. The van der Waals surface area contributed by atoms with Gasteiger partial charge in [-0.3, -0.25) is 4.79 Å². The number of hydrogen-bond donors (Lipinski definition) is 1. The molecule has 20 heavy (non-hydrogen) atoms. The van der Waals surface area contributed by atoms with E-state index in [2.05, 4.69) is 5.32 Å². The van der Waals surface area contributed by atoms with Gasteiger partial charge in [-0.1, -0.05) is 12.1 Å². The van der Waals surface area contributed by atoms with Crippen molar-refractivity contribution in [1.29, 1.82) is 0 Å². The van der Waals surface area contributed by atoms with Gasteiger partial charge >= 0.3 is 0 Å². The Labute approximate surface area is 118 Å². The normalized spacial score (nSPS) is 23.1. The first-order valence-electron chi connectivity index (χ1n) is 7.24. The van der Waals surface area contributed by atoms with Crippen LogP contribution in [-0.4, -0.2) is 50.1 Å². The van der Waals surface area contributed by atoms with Crippen molar-refractivity contribution in [2.75, 3.05) is 44.2 Å². The molecule has 0 aromatic heterocycles. The van der Waals surface area contributed by atoms with Crippen molar-refractivity contribution in [1.82, 2.24) is 10.2 Å². The molecule has 2 saturated heterocycles. The summed E-state index contributed by atoms with van der Waals surface area (Å²) in [4.78, 5) is 16.2. The average molecular weight is 277 g/mol. The van der Waals surface area contributed by atoms with Gasteiger partial charge in [-0.15, -0.1) is 0 Å². The van der Waals surface area contributed by atoms with E-state index >= 15 is 0 Å². The summed E-state index contributed by atoms with van der Waals surface area (Å²) in [5.74, 6) is 0.200. The van der Waals surface area contributed by atoms with Crippen LogP contribution in [0.25, 0.3) is 0 Å². The molecule has 5 heteroatoms. The summed E-state index contributed by atoms with van der Waals surface area (Å²) in [5.41, 5.74) is 0.641. The molecule has 1 N–H and O–H groups in total. The molecule has 2 fully saturated rings. The number of anilines is 1. The van der Waals surface area contributed by atoms with Crippen LogP contribution in [0.15, 0.2) is 24.3 Å². The van der Waals surface area contributed by atoms with E-state index in [0.717, 1.165) is 19.5 Å². The van der Waals surface area contributed by atoms with Gasteiger partial charge in [-0.05, 0) is 25.1 Å². The van der Waals surface area contributed by atoms with E-state index < -0.39 is 0 Å². The first-order chi connectivity index (χ1) is 9.75. The first kappa shape index (κ1) is 13.4.